The number of carbonyl (C=O) groups excluding carboxylic acids is 1. The maximum Gasteiger partial charge on any atom is 0.252 e. The fraction of sp³-hybridized carbons (Fsp3) is 0.800. The quantitative estimate of drug-likeness (QED) is 0.666. The summed E-state index contributed by atoms with van der Waals surface area (Å²) in [5.74, 6) is 0.0566. The highest BCUT2D eigenvalue weighted by Gasteiger charge is 2.27. The minimum Gasteiger partial charge on any atom is -0.378 e. The SMILES string of the molecule is [CH]OC(C(=O)N1CCOCC1)C(C)C. The summed E-state index contributed by atoms with van der Waals surface area (Å²) in [5.41, 5.74) is 0. The van der Waals surface area contributed by atoms with Crippen molar-refractivity contribution in [2.45, 2.75) is 20.0 Å². The molecule has 1 aliphatic rings. The molecule has 0 aliphatic carbocycles. The molecule has 0 aromatic rings. The number of ether oxygens (including phenoxy) is 2. The fourth-order valence-corrected chi connectivity index (χ4v) is 1.46. The monoisotopic (exact) mass is 199 g/mol. The highest BCUT2D eigenvalue weighted by molar-refractivity contribution is 5.81. The van der Waals surface area contributed by atoms with Gasteiger partial charge in [-0.15, -0.1) is 0 Å². The molecule has 4 nitrogen and oxygen atoms in total. The molecule has 1 fully saturated rings. The van der Waals surface area contributed by atoms with Gasteiger partial charge in [-0.05, 0) is 5.92 Å². The third kappa shape index (κ3) is 2.69. The second-order valence-electron chi connectivity index (χ2n) is 3.74. The molecule has 0 aromatic carbocycles. The minimum absolute atomic E-state index is 0.0363. The van der Waals surface area contributed by atoms with Gasteiger partial charge in [0.1, 0.15) is 13.2 Å². The maximum absolute atomic E-state index is 11.8. The van der Waals surface area contributed by atoms with E-state index < -0.39 is 6.10 Å². The van der Waals surface area contributed by atoms with Crippen LogP contribution in [0.5, 0.6) is 0 Å². The van der Waals surface area contributed by atoms with Crippen LogP contribution in [-0.2, 0) is 14.3 Å². The van der Waals surface area contributed by atoms with E-state index in [2.05, 4.69) is 0 Å². The average Bonchev–Trinajstić information content (AvgIpc) is 2.19. The first-order valence-electron chi connectivity index (χ1n) is 4.89. The first-order chi connectivity index (χ1) is 6.66. The molecule has 0 bridgehead atoms. The molecule has 0 saturated carbocycles. The van der Waals surface area contributed by atoms with Crippen molar-refractivity contribution in [3.05, 3.63) is 7.11 Å². The van der Waals surface area contributed by atoms with Gasteiger partial charge < -0.3 is 14.4 Å². The second kappa shape index (κ2) is 5.32. The van der Waals surface area contributed by atoms with Crippen LogP contribution in [-0.4, -0.2) is 43.2 Å². The van der Waals surface area contributed by atoms with Gasteiger partial charge in [0, 0.05) is 13.1 Å². The smallest absolute Gasteiger partial charge is 0.252 e. The Morgan fingerprint density at radius 1 is 1.43 bits per heavy atom. The summed E-state index contributed by atoms with van der Waals surface area (Å²) in [6.45, 7) is 6.28. The van der Waals surface area contributed by atoms with Crippen molar-refractivity contribution in [1.82, 2.24) is 4.90 Å². The molecule has 1 atom stereocenters. The second-order valence-corrected chi connectivity index (χ2v) is 3.74. The van der Waals surface area contributed by atoms with Gasteiger partial charge >= 0.3 is 0 Å². The van der Waals surface area contributed by atoms with E-state index in [1.807, 2.05) is 13.8 Å². The van der Waals surface area contributed by atoms with Crippen molar-refractivity contribution in [2.24, 2.45) is 5.92 Å². The Labute approximate surface area is 85.2 Å². The molecule has 1 unspecified atom stereocenters. The van der Waals surface area contributed by atoms with Gasteiger partial charge in [0.15, 0.2) is 0 Å². The largest absolute Gasteiger partial charge is 0.378 e. The number of hydrogen-bond donors (Lipinski definition) is 0. The van der Waals surface area contributed by atoms with Crippen LogP contribution in [0.15, 0.2) is 0 Å². The van der Waals surface area contributed by atoms with Crippen molar-refractivity contribution >= 4 is 5.91 Å². The topological polar surface area (TPSA) is 38.8 Å². The Bertz CT molecular complexity index is 188. The first-order valence-corrected chi connectivity index (χ1v) is 4.89. The Morgan fingerprint density at radius 2 is 2.00 bits per heavy atom. The lowest BCUT2D eigenvalue weighted by Crippen LogP contribution is -2.47. The van der Waals surface area contributed by atoms with Gasteiger partial charge in [-0.1, -0.05) is 13.8 Å². The summed E-state index contributed by atoms with van der Waals surface area (Å²) in [6.07, 6.45) is -0.534. The van der Waals surface area contributed by atoms with Crippen LogP contribution in [0.25, 0.3) is 0 Å². The molecule has 1 amide bonds. The van der Waals surface area contributed by atoms with E-state index in [1.54, 1.807) is 4.90 Å². The van der Waals surface area contributed by atoms with Gasteiger partial charge in [0.2, 0.25) is 0 Å². The van der Waals surface area contributed by atoms with Crippen LogP contribution in [0.4, 0.5) is 0 Å². The number of morpholine rings is 1. The number of rotatable bonds is 3. The normalized spacial score (nSPS) is 19.9. The van der Waals surface area contributed by atoms with Gasteiger partial charge in [-0.25, -0.2) is 0 Å². The molecule has 1 rings (SSSR count). The number of amides is 1. The molecule has 4 heteroatoms. The zero-order valence-electron chi connectivity index (χ0n) is 8.73. The molecular formula is C10H17NO3. The summed E-state index contributed by atoms with van der Waals surface area (Å²) in [7, 11) is 5.10. The summed E-state index contributed by atoms with van der Waals surface area (Å²) < 4.78 is 9.85. The molecule has 1 aliphatic heterocycles. The fourth-order valence-electron chi connectivity index (χ4n) is 1.46. The van der Waals surface area contributed by atoms with E-state index in [-0.39, 0.29) is 11.8 Å². The molecule has 1 saturated heterocycles. The van der Waals surface area contributed by atoms with Crippen molar-refractivity contribution in [3.63, 3.8) is 0 Å². The minimum atomic E-state index is -0.534. The summed E-state index contributed by atoms with van der Waals surface area (Å²) in [6, 6.07) is 0. The van der Waals surface area contributed by atoms with E-state index in [4.69, 9.17) is 16.6 Å². The van der Waals surface area contributed by atoms with Crippen LogP contribution in [0.2, 0.25) is 0 Å². The van der Waals surface area contributed by atoms with Crippen LogP contribution in [0.3, 0.4) is 0 Å². The Balaban J connectivity index is 2.52. The molecule has 0 aromatic heterocycles. The van der Waals surface area contributed by atoms with Gasteiger partial charge in [-0.2, -0.15) is 0 Å². The van der Waals surface area contributed by atoms with Crippen LogP contribution in [0.1, 0.15) is 13.8 Å². The lowest BCUT2D eigenvalue weighted by molar-refractivity contribution is -0.147. The third-order valence-corrected chi connectivity index (χ3v) is 2.32. The average molecular weight is 199 g/mol. The van der Waals surface area contributed by atoms with Crippen LogP contribution >= 0.6 is 0 Å². The number of nitrogens with zero attached hydrogens (tertiary/aromatic N) is 1. The van der Waals surface area contributed by atoms with Crippen molar-refractivity contribution in [1.29, 1.82) is 0 Å². The molecule has 1 heterocycles. The highest BCUT2D eigenvalue weighted by atomic mass is 16.5. The third-order valence-electron chi connectivity index (χ3n) is 2.32. The summed E-state index contributed by atoms with van der Waals surface area (Å²) >= 11 is 0. The lowest BCUT2D eigenvalue weighted by Gasteiger charge is -2.30. The van der Waals surface area contributed by atoms with E-state index in [0.717, 1.165) is 0 Å². The van der Waals surface area contributed by atoms with Crippen molar-refractivity contribution < 1.29 is 14.3 Å². The Morgan fingerprint density at radius 3 is 2.43 bits per heavy atom. The Kier molecular flexibility index (Phi) is 4.35. The maximum atomic E-state index is 11.8. The van der Waals surface area contributed by atoms with Gasteiger partial charge in [0.05, 0.1) is 13.2 Å². The summed E-state index contributed by atoms with van der Waals surface area (Å²) in [4.78, 5) is 13.6. The standard InChI is InChI=1S/C10H17NO3/c1-8(2)9(13-3)10(12)11-4-6-14-7-5-11/h3,8-9H,4-7H2,1-2H3. The lowest BCUT2D eigenvalue weighted by atomic mass is 10.1. The van der Waals surface area contributed by atoms with Crippen molar-refractivity contribution in [3.8, 4) is 0 Å². The number of carbonyl (C=O) groups is 1. The van der Waals surface area contributed by atoms with E-state index in [9.17, 15) is 4.79 Å². The predicted octanol–water partition coefficient (Wildman–Crippen LogP) is 0.555. The molecule has 2 radical (unpaired) electrons. The molecule has 14 heavy (non-hydrogen) atoms. The highest BCUT2D eigenvalue weighted by Crippen LogP contribution is 2.11. The zero-order chi connectivity index (χ0) is 10.6. The molecule has 0 spiro atoms. The molecule has 0 N–H and O–H groups in total. The van der Waals surface area contributed by atoms with Crippen LogP contribution < -0.4 is 0 Å². The van der Waals surface area contributed by atoms with Gasteiger partial charge in [0.25, 0.3) is 5.91 Å². The van der Waals surface area contributed by atoms with Gasteiger partial charge in [-0.3, -0.25) is 4.79 Å². The Hall–Kier alpha value is -0.610. The molecular weight excluding hydrogens is 182 g/mol. The molecule has 80 valence electrons. The van der Waals surface area contributed by atoms with E-state index in [0.29, 0.717) is 26.3 Å². The van der Waals surface area contributed by atoms with Crippen LogP contribution in [0, 0.1) is 13.0 Å². The predicted molar refractivity (Wildman–Crippen MR) is 51.4 cm³/mol. The summed E-state index contributed by atoms with van der Waals surface area (Å²) in [5, 5.41) is 0. The van der Waals surface area contributed by atoms with Crippen molar-refractivity contribution in [2.75, 3.05) is 26.3 Å². The number of hydrogen-bond acceptors (Lipinski definition) is 3. The zero-order valence-corrected chi connectivity index (χ0v) is 8.73. The van der Waals surface area contributed by atoms with E-state index >= 15 is 0 Å². The first kappa shape index (κ1) is 11.5. The van der Waals surface area contributed by atoms with E-state index in [1.165, 1.54) is 0 Å².